The Bertz CT molecular complexity index is 669. The summed E-state index contributed by atoms with van der Waals surface area (Å²) < 4.78 is 55.5. The first kappa shape index (κ1) is 15.5. The number of hydrogen-bond acceptors (Lipinski definition) is 2. The molecule has 0 aliphatic heterocycles. The monoisotopic (exact) mass is 303 g/mol. The van der Waals surface area contributed by atoms with Gasteiger partial charge in [-0.3, -0.25) is 4.79 Å². The quantitative estimate of drug-likeness (QED) is 0.607. The molecule has 0 amide bonds. The molecule has 0 atom stereocenters. The van der Waals surface area contributed by atoms with Gasteiger partial charge in [0, 0.05) is 24.2 Å². The van der Waals surface area contributed by atoms with Crippen LogP contribution < -0.4 is 5.43 Å². The molecule has 2 rings (SSSR count). The maximum absolute atomic E-state index is 12.7. The molecule has 0 spiro atoms. The maximum atomic E-state index is 12.7. The molecule has 3 nitrogen and oxygen atoms in total. The van der Waals surface area contributed by atoms with Crippen LogP contribution in [0.3, 0.4) is 0 Å². The summed E-state index contributed by atoms with van der Waals surface area (Å²) in [5.41, 5.74) is 0.487. The number of alkyl halides is 4. The highest BCUT2D eigenvalue weighted by Gasteiger charge is 2.40. The first-order valence-corrected chi connectivity index (χ1v) is 6.24. The molecule has 0 N–H and O–H groups in total. The summed E-state index contributed by atoms with van der Waals surface area (Å²) in [6.45, 7) is -1.31. The zero-order valence-corrected chi connectivity index (χ0v) is 10.9. The van der Waals surface area contributed by atoms with Crippen LogP contribution in [0.5, 0.6) is 0 Å². The largest absolute Gasteiger partial charge is 0.373 e. The molecule has 0 radical (unpaired) electrons. The lowest BCUT2D eigenvalue weighted by atomic mass is 10.2. The Morgan fingerprint density at radius 2 is 1.90 bits per heavy atom. The summed E-state index contributed by atoms with van der Waals surface area (Å²) in [6, 6.07) is 8.18. The number of aromatic nitrogens is 1. The van der Waals surface area contributed by atoms with Crippen molar-refractivity contribution < 1.29 is 22.3 Å². The number of halogens is 4. The highest BCUT2D eigenvalue weighted by Crippen LogP contribution is 2.22. The van der Waals surface area contributed by atoms with Crippen molar-refractivity contribution in [1.29, 1.82) is 0 Å². The molecule has 0 aliphatic carbocycles. The number of fused-ring (bicyclic) bond motifs is 1. The van der Waals surface area contributed by atoms with Gasteiger partial charge in [-0.05, 0) is 12.1 Å². The summed E-state index contributed by atoms with van der Waals surface area (Å²) in [5.74, 6) is -4.15. The zero-order chi connectivity index (χ0) is 15.5. The molecular formula is C14H13F4NO2. The van der Waals surface area contributed by atoms with E-state index < -0.39 is 19.0 Å². The SMILES string of the molecule is O=c1ccn(CCOCC(F)(F)C(F)F)c2ccccc12. The summed E-state index contributed by atoms with van der Waals surface area (Å²) in [4.78, 5) is 11.6. The molecule has 2 aromatic rings. The predicted octanol–water partition coefficient (Wildman–Crippen LogP) is 2.92. The number of nitrogens with zero attached hydrogens (tertiary/aromatic N) is 1. The number of para-hydroxylation sites is 1. The number of ether oxygens (including phenoxy) is 1. The van der Waals surface area contributed by atoms with Crippen molar-refractivity contribution in [2.24, 2.45) is 0 Å². The van der Waals surface area contributed by atoms with Crippen LogP contribution in [0.1, 0.15) is 0 Å². The second-order valence-corrected chi connectivity index (χ2v) is 4.50. The summed E-state index contributed by atoms with van der Waals surface area (Å²) in [7, 11) is 0. The van der Waals surface area contributed by atoms with Gasteiger partial charge in [0.25, 0.3) is 0 Å². The van der Waals surface area contributed by atoms with Gasteiger partial charge < -0.3 is 9.30 Å². The van der Waals surface area contributed by atoms with Gasteiger partial charge in [0.1, 0.15) is 6.61 Å². The van der Waals surface area contributed by atoms with Crippen molar-refractivity contribution in [1.82, 2.24) is 4.57 Å². The van der Waals surface area contributed by atoms with Crippen LogP contribution in [0.2, 0.25) is 0 Å². The van der Waals surface area contributed by atoms with E-state index in [1.54, 1.807) is 28.8 Å². The van der Waals surface area contributed by atoms with Crippen molar-refractivity contribution in [2.45, 2.75) is 18.9 Å². The molecule has 0 unspecified atom stereocenters. The lowest BCUT2D eigenvalue weighted by Crippen LogP contribution is -2.32. The second-order valence-electron chi connectivity index (χ2n) is 4.50. The minimum atomic E-state index is -4.15. The number of pyridine rings is 1. The topological polar surface area (TPSA) is 31.2 Å². The van der Waals surface area contributed by atoms with Gasteiger partial charge in [0.05, 0.1) is 12.1 Å². The van der Waals surface area contributed by atoms with Gasteiger partial charge in [0.2, 0.25) is 0 Å². The van der Waals surface area contributed by atoms with E-state index in [4.69, 9.17) is 0 Å². The third kappa shape index (κ3) is 3.60. The van der Waals surface area contributed by atoms with Gasteiger partial charge in [-0.25, -0.2) is 8.78 Å². The smallest absolute Gasteiger partial charge is 0.330 e. The van der Waals surface area contributed by atoms with E-state index >= 15 is 0 Å². The van der Waals surface area contributed by atoms with Crippen molar-refractivity contribution >= 4 is 10.9 Å². The Kier molecular flexibility index (Phi) is 4.62. The van der Waals surface area contributed by atoms with Crippen LogP contribution in [0, 0.1) is 0 Å². The van der Waals surface area contributed by atoms with Gasteiger partial charge in [-0.2, -0.15) is 8.78 Å². The van der Waals surface area contributed by atoms with Gasteiger partial charge in [0.15, 0.2) is 5.43 Å². The summed E-state index contributed by atoms with van der Waals surface area (Å²) in [5, 5.41) is 0.498. The molecule has 114 valence electrons. The Morgan fingerprint density at radius 3 is 2.62 bits per heavy atom. The summed E-state index contributed by atoms with van der Waals surface area (Å²) in [6.07, 6.45) is -2.23. The van der Waals surface area contributed by atoms with Crippen LogP contribution in [0.25, 0.3) is 10.9 Å². The third-order valence-electron chi connectivity index (χ3n) is 2.98. The van der Waals surface area contributed by atoms with Crippen molar-refractivity contribution in [3.05, 3.63) is 46.8 Å². The average Bonchev–Trinajstić information content (AvgIpc) is 2.46. The van der Waals surface area contributed by atoms with Crippen LogP contribution in [0.4, 0.5) is 17.6 Å². The maximum Gasteiger partial charge on any atom is 0.330 e. The van der Waals surface area contributed by atoms with Gasteiger partial charge in [-0.1, -0.05) is 12.1 Å². The molecule has 21 heavy (non-hydrogen) atoms. The Labute approximate surface area is 117 Å². The highest BCUT2D eigenvalue weighted by molar-refractivity contribution is 5.78. The lowest BCUT2D eigenvalue weighted by molar-refractivity contribution is -0.166. The van der Waals surface area contributed by atoms with Crippen LogP contribution in [-0.2, 0) is 11.3 Å². The normalized spacial score (nSPS) is 12.2. The number of hydrogen-bond donors (Lipinski definition) is 0. The van der Waals surface area contributed by atoms with E-state index in [0.29, 0.717) is 10.9 Å². The standard InChI is InChI=1S/C14H13F4NO2/c15-13(16)14(17,18)9-21-8-7-19-6-5-12(20)10-3-1-2-4-11(10)19/h1-6,13H,7-9H2. The fourth-order valence-corrected chi connectivity index (χ4v) is 1.89. The Balaban J connectivity index is 2.02. The van der Waals surface area contributed by atoms with E-state index in [9.17, 15) is 22.4 Å². The molecule has 0 fully saturated rings. The molecule has 1 aromatic carbocycles. The fraction of sp³-hybridized carbons (Fsp3) is 0.357. The second kappa shape index (κ2) is 6.26. The van der Waals surface area contributed by atoms with E-state index in [1.165, 1.54) is 12.3 Å². The average molecular weight is 303 g/mol. The molecule has 1 aromatic heterocycles. The van der Waals surface area contributed by atoms with E-state index in [-0.39, 0.29) is 18.6 Å². The number of benzene rings is 1. The molecule has 1 heterocycles. The highest BCUT2D eigenvalue weighted by atomic mass is 19.3. The molecule has 0 bridgehead atoms. The van der Waals surface area contributed by atoms with Crippen molar-refractivity contribution in [2.75, 3.05) is 13.2 Å². The first-order chi connectivity index (χ1) is 9.92. The van der Waals surface area contributed by atoms with Crippen molar-refractivity contribution in [3.63, 3.8) is 0 Å². The lowest BCUT2D eigenvalue weighted by Gasteiger charge is -2.16. The minimum Gasteiger partial charge on any atom is -0.373 e. The van der Waals surface area contributed by atoms with E-state index in [2.05, 4.69) is 4.74 Å². The Morgan fingerprint density at radius 1 is 1.19 bits per heavy atom. The van der Waals surface area contributed by atoms with Gasteiger partial charge >= 0.3 is 12.3 Å². The minimum absolute atomic E-state index is 0.146. The van der Waals surface area contributed by atoms with E-state index in [1.807, 2.05) is 0 Å². The summed E-state index contributed by atoms with van der Waals surface area (Å²) >= 11 is 0. The number of rotatable bonds is 6. The Hall–Kier alpha value is -1.89. The predicted molar refractivity (Wildman–Crippen MR) is 70.0 cm³/mol. The molecule has 7 heteroatoms. The molecule has 0 saturated heterocycles. The van der Waals surface area contributed by atoms with Crippen LogP contribution in [-0.4, -0.2) is 30.1 Å². The zero-order valence-electron chi connectivity index (χ0n) is 10.9. The fourth-order valence-electron chi connectivity index (χ4n) is 1.89. The first-order valence-electron chi connectivity index (χ1n) is 6.24. The molecule has 0 saturated carbocycles. The third-order valence-corrected chi connectivity index (χ3v) is 2.98. The van der Waals surface area contributed by atoms with Crippen LogP contribution in [0.15, 0.2) is 41.3 Å². The molecular weight excluding hydrogens is 290 g/mol. The van der Waals surface area contributed by atoms with Gasteiger partial charge in [-0.15, -0.1) is 0 Å². The van der Waals surface area contributed by atoms with Crippen LogP contribution >= 0.6 is 0 Å². The molecule has 0 aliphatic rings. The van der Waals surface area contributed by atoms with E-state index in [0.717, 1.165) is 0 Å². The van der Waals surface area contributed by atoms with Crippen molar-refractivity contribution in [3.8, 4) is 0 Å².